The van der Waals surface area contributed by atoms with E-state index in [1.807, 2.05) is 4.72 Å². The summed E-state index contributed by atoms with van der Waals surface area (Å²) in [5.74, 6) is -1.88. The van der Waals surface area contributed by atoms with Gasteiger partial charge in [0.1, 0.15) is 5.82 Å². The van der Waals surface area contributed by atoms with Crippen LogP contribution in [-0.2, 0) is 15.0 Å². The van der Waals surface area contributed by atoms with Crippen LogP contribution in [0, 0.1) is 5.82 Å². The molecule has 0 radical (unpaired) electrons. The van der Waals surface area contributed by atoms with Crippen molar-refractivity contribution < 1.29 is 22.7 Å². The summed E-state index contributed by atoms with van der Waals surface area (Å²) in [6.45, 7) is 0. The van der Waals surface area contributed by atoms with Crippen LogP contribution in [0.4, 0.5) is 10.1 Å². The van der Waals surface area contributed by atoms with Crippen molar-refractivity contribution in [3.05, 3.63) is 35.7 Å². The molecule has 0 amide bonds. The summed E-state index contributed by atoms with van der Waals surface area (Å²) in [5, 5.41) is 8.43. The second-order valence-corrected chi connectivity index (χ2v) is 4.84. The van der Waals surface area contributed by atoms with E-state index < -0.39 is 22.0 Å². The maximum absolute atomic E-state index is 13.3. The lowest BCUT2D eigenvalue weighted by Gasteiger charge is -2.07. The van der Waals surface area contributed by atoms with E-state index in [1.165, 1.54) is 19.2 Å². The maximum atomic E-state index is 13.3. The van der Waals surface area contributed by atoms with Gasteiger partial charge in [0, 0.05) is 18.7 Å². The SMILES string of the molecule is CNS(=O)(=O)Nc1ccc(F)c(/C=C/C(=O)O)c1. The molecule has 0 aliphatic carbocycles. The Morgan fingerprint density at radius 1 is 1.44 bits per heavy atom. The first-order valence-corrected chi connectivity index (χ1v) is 6.24. The molecule has 0 aliphatic rings. The first kappa shape index (κ1) is 14.1. The Kier molecular flexibility index (Phi) is 4.40. The molecule has 0 atom stereocenters. The van der Waals surface area contributed by atoms with Crippen molar-refractivity contribution in [2.24, 2.45) is 0 Å². The van der Waals surface area contributed by atoms with E-state index >= 15 is 0 Å². The average Bonchev–Trinajstić information content (AvgIpc) is 2.29. The average molecular weight is 274 g/mol. The van der Waals surface area contributed by atoms with Crippen molar-refractivity contribution in [2.75, 3.05) is 11.8 Å². The summed E-state index contributed by atoms with van der Waals surface area (Å²) in [4.78, 5) is 10.3. The van der Waals surface area contributed by atoms with Crippen molar-refractivity contribution in [1.29, 1.82) is 0 Å². The van der Waals surface area contributed by atoms with Gasteiger partial charge in [0.2, 0.25) is 0 Å². The second kappa shape index (κ2) is 5.61. The minimum absolute atomic E-state index is 0.0336. The Labute approximate surface area is 103 Å². The van der Waals surface area contributed by atoms with E-state index in [4.69, 9.17) is 5.11 Å². The number of carboxylic acids is 1. The molecule has 18 heavy (non-hydrogen) atoms. The van der Waals surface area contributed by atoms with Crippen LogP contribution in [0.25, 0.3) is 6.08 Å². The van der Waals surface area contributed by atoms with Crippen LogP contribution >= 0.6 is 0 Å². The van der Waals surface area contributed by atoms with E-state index in [0.29, 0.717) is 0 Å². The van der Waals surface area contributed by atoms with Gasteiger partial charge in [0.05, 0.1) is 5.69 Å². The molecule has 8 heteroatoms. The molecule has 98 valence electrons. The van der Waals surface area contributed by atoms with Crippen LogP contribution in [0.3, 0.4) is 0 Å². The van der Waals surface area contributed by atoms with Crippen LogP contribution in [0.5, 0.6) is 0 Å². The Bertz CT molecular complexity index is 584. The van der Waals surface area contributed by atoms with Gasteiger partial charge in [0.25, 0.3) is 10.2 Å². The molecular weight excluding hydrogens is 263 g/mol. The second-order valence-electron chi connectivity index (χ2n) is 3.22. The summed E-state index contributed by atoms with van der Waals surface area (Å²) in [5.41, 5.74) is 0.0875. The third-order valence-corrected chi connectivity index (χ3v) is 2.96. The normalized spacial score (nSPS) is 11.7. The summed E-state index contributed by atoms with van der Waals surface area (Å²) >= 11 is 0. The van der Waals surface area contributed by atoms with Crippen molar-refractivity contribution in [3.63, 3.8) is 0 Å². The molecule has 1 rings (SSSR count). The van der Waals surface area contributed by atoms with E-state index in [9.17, 15) is 17.6 Å². The fourth-order valence-electron chi connectivity index (χ4n) is 1.10. The third-order valence-electron chi connectivity index (χ3n) is 1.92. The number of hydrogen-bond donors (Lipinski definition) is 3. The van der Waals surface area contributed by atoms with Gasteiger partial charge in [-0.15, -0.1) is 0 Å². The number of hydrogen-bond acceptors (Lipinski definition) is 3. The van der Waals surface area contributed by atoms with Gasteiger partial charge in [-0.2, -0.15) is 8.42 Å². The van der Waals surface area contributed by atoms with Gasteiger partial charge >= 0.3 is 5.97 Å². The number of rotatable bonds is 5. The molecule has 3 N–H and O–H groups in total. The molecule has 0 bridgehead atoms. The van der Waals surface area contributed by atoms with E-state index in [1.54, 1.807) is 0 Å². The summed E-state index contributed by atoms with van der Waals surface area (Å²) in [6.07, 6.45) is 1.80. The summed E-state index contributed by atoms with van der Waals surface area (Å²) in [7, 11) is -2.48. The number of aliphatic carboxylic acids is 1. The van der Waals surface area contributed by atoms with Crippen LogP contribution in [-0.4, -0.2) is 26.5 Å². The van der Waals surface area contributed by atoms with Crippen LogP contribution in [0.2, 0.25) is 0 Å². The molecule has 0 saturated heterocycles. The van der Waals surface area contributed by atoms with Crippen LogP contribution in [0.15, 0.2) is 24.3 Å². The number of halogens is 1. The molecule has 0 aliphatic heterocycles. The fourth-order valence-corrected chi connectivity index (χ4v) is 1.64. The highest BCUT2D eigenvalue weighted by Gasteiger charge is 2.08. The number of benzene rings is 1. The Balaban J connectivity index is 3.05. The zero-order valence-electron chi connectivity index (χ0n) is 9.34. The molecule has 1 aromatic rings. The first-order chi connectivity index (χ1) is 8.34. The Hall–Kier alpha value is -1.93. The minimum Gasteiger partial charge on any atom is -0.478 e. The van der Waals surface area contributed by atoms with Crippen molar-refractivity contribution in [1.82, 2.24) is 4.72 Å². The third kappa shape index (κ3) is 4.15. The lowest BCUT2D eigenvalue weighted by atomic mass is 10.2. The molecule has 6 nitrogen and oxygen atoms in total. The Morgan fingerprint density at radius 3 is 2.67 bits per heavy atom. The molecule has 0 saturated carbocycles. The monoisotopic (exact) mass is 274 g/mol. The standard InChI is InChI=1S/C10H11FN2O4S/c1-12-18(16,17)13-8-3-4-9(11)7(6-8)2-5-10(14)15/h2-6,12-13H,1H3,(H,14,15)/b5-2+. The topological polar surface area (TPSA) is 95.5 Å². The van der Waals surface area contributed by atoms with E-state index in [0.717, 1.165) is 18.2 Å². The predicted molar refractivity (Wildman–Crippen MR) is 64.7 cm³/mol. The maximum Gasteiger partial charge on any atom is 0.328 e. The van der Waals surface area contributed by atoms with Crippen molar-refractivity contribution in [2.45, 2.75) is 0 Å². The van der Waals surface area contributed by atoms with Crippen LogP contribution in [0.1, 0.15) is 5.56 Å². The van der Waals surface area contributed by atoms with Gasteiger partial charge < -0.3 is 5.11 Å². The molecule has 1 aromatic carbocycles. The number of carbonyl (C=O) groups is 1. The highest BCUT2D eigenvalue weighted by molar-refractivity contribution is 7.90. The minimum atomic E-state index is -3.70. The van der Waals surface area contributed by atoms with E-state index in [-0.39, 0.29) is 11.3 Å². The smallest absolute Gasteiger partial charge is 0.328 e. The Morgan fingerprint density at radius 2 is 2.11 bits per heavy atom. The summed E-state index contributed by atoms with van der Waals surface area (Å²) < 4.78 is 39.9. The van der Waals surface area contributed by atoms with Gasteiger partial charge in [-0.25, -0.2) is 13.9 Å². The number of carboxylic acid groups (broad SMARTS) is 1. The van der Waals surface area contributed by atoms with Gasteiger partial charge in [-0.05, 0) is 24.3 Å². The van der Waals surface area contributed by atoms with E-state index in [2.05, 4.69) is 4.72 Å². The zero-order valence-corrected chi connectivity index (χ0v) is 10.2. The lowest BCUT2D eigenvalue weighted by molar-refractivity contribution is -0.131. The fraction of sp³-hybridized carbons (Fsp3) is 0.100. The zero-order chi connectivity index (χ0) is 13.8. The van der Waals surface area contributed by atoms with Crippen molar-refractivity contribution in [3.8, 4) is 0 Å². The van der Waals surface area contributed by atoms with Gasteiger partial charge in [0.15, 0.2) is 0 Å². The lowest BCUT2D eigenvalue weighted by Crippen LogP contribution is -2.26. The number of nitrogens with one attached hydrogen (secondary N) is 2. The van der Waals surface area contributed by atoms with Gasteiger partial charge in [-0.3, -0.25) is 4.72 Å². The highest BCUT2D eigenvalue weighted by Crippen LogP contribution is 2.16. The largest absolute Gasteiger partial charge is 0.478 e. The van der Waals surface area contributed by atoms with Crippen molar-refractivity contribution >= 4 is 27.9 Å². The number of anilines is 1. The molecule has 0 unspecified atom stereocenters. The molecule has 0 heterocycles. The first-order valence-electron chi connectivity index (χ1n) is 4.76. The molecule has 0 fully saturated rings. The quantitative estimate of drug-likeness (QED) is 0.692. The molecule has 0 spiro atoms. The predicted octanol–water partition coefficient (Wildman–Crippen LogP) is 0.800. The van der Waals surface area contributed by atoms with Crippen LogP contribution < -0.4 is 9.44 Å². The highest BCUT2D eigenvalue weighted by atomic mass is 32.2. The van der Waals surface area contributed by atoms with Gasteiger partial charge in [-0.1, -0.05) is 0 Å². The molecule has 0 aromatic heterocycles. The summed E-state index contributed by atoms with van der Waals surface area (Å²) in [6, 6.07) is 3.45. The molecular formula is C10H11FN2O4S.